The van der Waals surface area contributed by atoms with Crippen molar-refractivity contribution >= 4 is 0 Å². The largest absolute Gasteiger partial charge is 0.310 e. The maximum Gasteiger partial charge on any atom is 0.0645 e. The smallest absolute Gasteiger partial charge is 0.0645 e. The van der Waals surface area contributed by atoms with Crippen LogP contribution in [-0.2, 0) is 6.42 Å². The predicted molar refractivity (Wildman–Crippen MR) is 96.3 cm³/mol. The van der Waals surface area contributed by atoms with Crippen molar-refractivity contribution in [2.75, 3.05) is 6.54 Å². The van der Waals surface area contributed by atoms with Gasteiger partial charge in [0.2, 0.25) is 0 Å². The molecule has 126 valence electrons. The molecule has 1 aromatic carbocycles. The Morgan fingerprint density at radius 3 is 2.50 bits per heavy atom. The molecule has 2 aromatic heterocycles. The van der Waals surface area contributed by atoms with Gasteiger partial charge in [0.15, 0.2) is 0 Å². The van der Waals surface area contributed by atoms with Crippen LogP contribution in [0.1, 0.15) is 44.0 Å². The third kappa shape index (κ3) is 3.92. The lowest BCUT2D eigenvalue weighted by molar-refractivity contribution is 0.529. The first-order valence-electron chi connectivity index (χ1n) is 8.50. The molecule has 0 bridgehead atoms. The van der Waals surface area contributed by atoms with Crippen LogP contribution in [0.15, 0.2) is 55.1 Å². The second kappa shape index (κ2) is 7.45. The SMILES string of the molecule is CC(C)n1cc([C@H](C)NCCc2ccc(-n3cccn3)cc2)cn1. The van der Waals surface area contributed by atoms with E-state index in [0.29, 0.717) is 12.1 Å². The Kier molecular flexibility index (Phi) is 5.11. The summed E-state index contributed by atoms with van der Waals surface area (Å²) in [5.41, 5.74) is 3.65. The highest BCUT2D eigenvalue weighted by atomic mass is 15.3. The third-order valence-corrected chi connectivity index (χ3v) is 4.22. The zero-order valence-corrected chi connectivity index (χ0v) is 14.6. The Morgan fingerprint density at radius 1 is 1.08 bits per heavy atom. The summed E-state index contributed by atoms with van der Waals surface area (Å²) < 4.78 is 3.87. The van der Waals surface area contributed by atoms with Gasteiger partial charge in [0, 0.05) is 36.2 Å². The van der Waals surface area contributed by atoms with Crippen LogP contribution in [0, 0.1) is 0 Å². The highest BCUT2D eigenvalue weighted by Crippen LogP contribution is 2.14. The molecule has 0 aliphatic heterocycles. The van der Waals surface area contributed by atoms with Crippen molar-refractivity contribution in [2.45, 2.75) is 39.3 Å². The fourth-order valence-corrected chi connectivity index (χ4v) is 2.65. The van der Waals surface area contributed by atoms with Gasteiger partial charge in [-0.3, -0.25) is 4.68 Å². The van der Waals surface area contributed by atoms with Crippen LogP contribution >= 0.6 is 0 Å². The topological polar surface area (TPSA) is 47.7 Å². The molecule has 0 radical (unpaired) electrons. The molecule has 0 aliphatic rings. The van der Waals surface area contributed by atoms with E-state index in [-0.39, 0.29) is 0 Å². The monoisotopic (exact) mass is 323 g/mol. The Morgan fingerprint density at radius 2 is 1.88 bits per heavy atom. The number of nitrogens with zero attached hydrogens (tertiary/aromatic N) is 4. The summed E-state index contributed by atoms with van der Waals surface area (Å²) in [5.74, 6) is 0. The molecule has 5 heteroatoms. The first kappa shape index (κ1) is 16.5. The van der Waals surface area contributed by atoms with E-state index < -0.39 is 0 Å². The van der Waals surface area contributed by atoms with E-state index in [0.717, 1.165) is 18.7 Å². The van der Waals surface area contributed by atoms with E-state index in [1.165, 1.54) is 11.1 Å². The maximum atomic E-state index is 4.41. The van der Waals surface area contributed by atoms with Crippen LogP contribution in [0.5, 0.6) is 0 Å². The summed E-state index contributed by atoms with van der Waals surface area (Å²) in [7, 11) is 0. The summed E-state index contributed by atoms with van der Waals surface area (Å²) in [5, 5.41) is 12.2. The molecule has 0 unspecified atom stereocenters. The van der Waals surface area contributed by atoms with Crippen molar-refractivity contribution in [1.82, 2.24) is 24.9 Å². The molecule has 0 spiro atoms. The molecule has 24 heavy (non-hydrogen) atoms. The van der Waals surface area contributed by atoms with Gasteiger partial charge >= 0.3 is 0 Å². The highest BCUT2D eigenvalue weighted by molar-refractivity contribution is 5.33. The van der Waals surface area contributed by atoms with Gasteiger partial charge < -0.3 is 5.32 Å². The zero-order valence-electron chi connectivity index (χ0n) is 14.6. The number of rotatable bonds is 7. The zero-order chi connectivity index (χ0) is 16.9. The lowest BCUT2D eigenvalue weighted by Gasteiger charge is -2.12. The predicted octanol–water partition coefficient (Wildman–Crippen LogP) is 3.54. The minimum atomic E-state index is 0.306. The van der Waals surface area contributed by atoms with E-state index >= 15 is 0 Å². The molecule has 5 nitrogen and oxygen atoms in total. The summed E-state index contributed by atoms with van der Waals surface area (Å²) in [4.78, 5) is 0. The van der Waals surface area contributed by atoms with Gasteiger partial charge in [0.1, 0.15) is 0 Å². The number of aromatic nitrogens is 4. The van der Waals surface area contributed by atoms with Crippen LogP contribution in [0.3, 0.4) is 0 Å². The second-order valence-corrected chi connectivity index (χ2v) is 6.39. The normalized spacial score (nSPS) is 12.7. The van der Waals surface area contributed by atoms with E-state index in [1.54, 1.807) is 6.20 Å². The quantitative estimate of drug-likeness (QED) is 0.723. The van der Waals surface area contributed by atoms with Crippen molar-refractivity contribution < 1.29 is 0 Å². The van der Waals surface area contributed by atoms with Gasteiger partial charge in [-0.15, -0.1) is 0 Å². The fourth-order valence-electron chi connectivity index (χ4n) is 2.65. The van der Waals surface area contributed by atoms with Crippen LogP contribution in [0.25, 0.3) is 5.69 Å². The molecule has 3 rings (SSSR count). The highest BCUT2D eigenvalue weighted by Gasteiger charge is 2.08. The molecule has 2 heterocycles. The summed E-state index contributed by atoms with van der Waals surface area (Å²) in [6.45, 7) is 7.40. The van der Waals surface area contributed by atoms with Crippen LogP contribution in [-0.4, -0.2) is 26.1 Å². The van der Waals surface area contributed by atoms with Gasteiger partial charge in [0.25, 0.3) is 0 Å². The van der Waals surface area contributed by atoms with E-state index in [1.807, 2.05) is 27.8 Å². The van der Waals surface area contributed by atoms with E-state index in [4.69, 9.17) is 0 Å². The molecule has 0 amide bonds. The van der Waals surface area contributed by atoms with Gasteiger partial charge in [-0.2, -0.15) is 10.2 Å². The van der Waals surface area contributed by atoms with Crippen molar-refractivity contribution in [3.05, 3.63) is 66.2 Å². The minimum absolute atomic E-state index is 0.306. The lowest BCUT2D eigenvalue weighted by atomic mass is 10.1. The molecule has 0 aliphatic carbocycles. The number of benzene rings is 1. The van der Waals surface area contributed by atoms with Crippen molar-refractivity contribution in [3.63, 3.8) is 0 Å². The average Bonchev–Trinajstić information content (AvgIpc) is 3.27. The number of hydrogen-bond donors (Lipinski definition) is 1. The third-order valence-electron chi connectivity index (χ3n) is 4.22. The first-order chi connectivity index (χ1) is 11.6. The van der Waals surface area contributed by atoms with Crippen LogP contribution in [0.4, 0.5) is 0 Å². The average molecular weight is 323 g/mol. The first-order valence-corrected chi connectivity index (χ1v) is 8.50. The number of nitrogens with one attached hydrogen (secondary N) is 1. The summed E-state index contributed by atoms with van der Waals surface area (Å²) in [6, 6.07) is 11.2. The van der Waals surface area contributed by atoms with Crippen molar-refractivity contribution in [3.8, 4) is 5.69 Å². The Hall–Kier alpha value is -2.40. The standard InChI is InChI=1S/C19H25N5/c1-15(2)24-14-18(13-22-24)16(3)20-11-9-17-5-7-19(8-6-17)23-12-4-10-21-23/h4-8,10,12-16,20H,9,11H2,1-3H3/t16-/m0/s1. The molecule has 0 fully saturated rings. The minimum Gasteiger partial charge on any atom is -0.310 e. The lowest BCUT2D eigenvalue weighted by Crippen LogP contribution is -2.21. The Bertz CT molecular complexity index is 740. The van der Waals surface area contributed by atoms with Gasteiger partial charge in [-0.25, -0.2) is 4.68 Å². The summed E-state index contributed by atoms with van der Waals surface area (Å²) >= 11 is 0. The van der Waals surface area contributed by atoms with Gasteiger partial charge in [-0.05, 0) is 57.5 Å². The summed E-state index contributed by atoms with van der Waals surface area (Å²) in [6.07, 6.45) is 8.83. The maximum absolute atomic E-state index is 4.41. The molecule has 0 saturated heterocycles. The van der Waals surface area contributed by atoms with E-state index in [2.05, 4.69) is 66.7 Å². The molecule has 1 N–H and O–H groups in total. The molecule has 3 aromatic rings. The molecule has 0 saturated carbocycles. The Labute approximate surface area is 143 Å². The van der Waals surface area contributed by atoms with Crippen molar-refractivity contribution in [1.29, 1.82) is 0 Å². The van der Waals surface area contributed by atoms with E-state index in [9.17, 15) is 0 Å². The van der Waals surface area contributed by atoms with Gasteiger partial charge in [0.05, 0.1) is 11.9 Å². The second-order valence-electron chi connectivity index (χ2n) is 6.39. The van der Waals surface area contributed by atoms with Gasteiger partial charge in [-0.1, -0.05) is 12.1 Å². The van der Waals surface area contributed by atoms with Crippen LogP contribution < -0.4 is 5.32 Å². The fraction of sp³-hybridized carbons (Fsp3) is 0.368. The molecular formula is C19H25N5. The number of hydrogen-bond acceptors (Lipinski definition) is 3. The molecular weight excluding hydrogens is 298 g/mol. The Balaban J connectivity index is 1.50. The van der Waals surface area contributed by atoms with Crippen LogP contribution in [0.2, 0.25) is 0 Å². The molecule has 1 atom stereocenters. The van der Waals surface area contributed by atoms with Crippen molar-refractivity contribution in [2.24, 2.45) is 0 Å².